The fraction of sp³-hybridized carbons (Fsp3) is 0.250. The zero-order valence-electron chi connectivity index (χ0n) is 15.6. The van der Waals surface area contributed by atoms with Crippen LogP contribution in [0.15, 0.2) is 47.5 Å². The second-order valence-electron chi connectivity index (χ2n) is 6.58. The van der Waals surface area contributed by atoms with E-state index in [0.717, 1.165) is 29.0 Å². The first-order valence-corrected chi connectivity index (χ1v) is 9.61. The Bertz CT molecular complexity index is 989. The quantitative estimate of drug-likeness (QED) is 0.760. The number of carbonyl (C=O) groups is 2. The molecule has 3 rings (SSSR count). The molecule has 0 unspecified atom stereocenters. The zero-order valence-corrected chi connectivity index (χ0v) is 16.4. The van der Waals surface area contributed by atoms with Gasteiger partial charge in [-0.1, -0.05) is 30.0 Å². The van der Waals surface area contributed by atoms with Crippen molar-refractivity contribution in [2.75, 3.05) is 5.32 Å². The van der Waals surface area contributed by atoms with E-state index in [-0.39, 0.29) is 12.1 Å². The van der Waals surface area contributed by atoms with Gasteiger partial charge in [0.2, 0.25) is 11.8 Å². The molecule has 2 N–H and O–H groups in total. The summed E-state index contributed by atoms with van der Waals surface area (Å²) in [6.45, 7) is 3.93. The minimum absolute atomic E-state index is 0.269. The maximum absolute atomic E-state index is 13.0. The maximum atomic E-state index is 13.0. The van der Waals surface area contributed by atoms with Crippen molar-refractivity contribution in [2.24, 2.45) is 4.99 Å². The molecular formula is C20H18F3N3O2S. The Morgan fingerprint density at radius 3 is 2.59 bits per heavy atom. The van der Waals surface area contributed by atoms with Crippen molar-refractivity contribution < 1.29 is 22.8 Å². The van der Waals surface area contributed by atoms with Gasteiger partial charge in [0.25, 0.3) is 0 Å². The maximum Gasteiger partial charge on any atom is 0.418 e. The van der Waals surface area contributed by atoms with Crippen LogP contribution in [0.1, 0.15) is 23.1 Å². The molecule has 0 aromatic heterocycles. The highest BCUT2D eigenvalue weighted by molar-refractivity contribution is 8.15. The zero-order chi connectivity index (χ0) is 21.2. The predicted molar refractivity (Wildman–Crippen MR) is 107 cm³/mol. The van der Waals surface area contributed by atoms with Crippen molar-refractivity contribution in [3.05, 3.63) is 59.2 Å². The number of hydrogen-bond acceptors (Lipinski definition) is 4. The number of halogens is 3. The number of thioether (sulfide) groups is 1. The van der Waals surface area contributed by atoms with E-state index in [0.29, 0.717) is 10.9 Å². The Balaban J connectivity index is 1.67. The molecule has 0 bridgehead atoms. The monoisotopic (exact) mass is 421 g/mol. The van der Waals surface area contributed by atoms with Crippen LogP contribution < -0.4 is 10.6 Å². The summed E-state index contributed by atoms with van der Waals surface area (Å²) >= 11 is 1.08. The minimum Gasteiger partial charge on any atom is -0.325 e. The van der Waals surface area contributed by atoms with E-state index in [2.05, 4.69) is 15.6 Å². The number of aryl methyl sites for hydroxylation is 2. The summed E-state index contributed by atoms with van der Waals surface area (Å²) in [6.07, 6.45) is -4.86. The molecule has 1 atom stereocenters. The molecule has 1 aliphatic rings. The van der Waals surface area contributed by atoms with Gasteiger partial charge in [0.05, 0.1) is 16.9 Å². The lowest BCUT2D eigenvalue weighted by Crippen LogP contribution is -2.28. The fourth-order valence-corrected chi connectivity index (χ4v) is 3.70. The van der Waals surface area contributed by atoms with Gasteiger partial charge < -0.3 is 10.6 Å². The largest absolute Gasteiger partial charge is 0.418 e. The molecule has 1 saturated heterocycles. The number of rotatable bonds is 4. The van der Waals surface area contributed by atoms with Gasteiger partial charge >= 0.3 is 6.18 Å². The van der Waals surface area contributed by atoms with Crippen LogP contribution in [0, 0.1) is 13.8 Å². The highest BCUT2D eigenvalue weighted by Gasteiger charge is 2.35. The molecule has 5 nitrogen and oxygen atoms in total. The van der Waals surface area contributed by atoms with Gasteiger partial charge in [-0.25, -0.2) is 4.99 Å². The van der Waals surface area contributed by atoms with E-state index >= 15 is 0 Å². The van der Waals surface area contributed by atoms with Crippen LogP contribution in [-0.2, 0) is 15.8 Å². The number of hydrogen-bond donors (Lipinski definition) is 2. The van der Waals surface area contributed by atoms with Gasteiger partial charge in [-0.05, 0) is 49.2 Å². The topological polar surface area (TPSA) is 70.6 Å². The Hall–Kier alpha value is -2.81. The molecule has 29 heavy (non-hydrogen) atoms. The number of nitrogens with one attached hydrogen (secondary N) is 2. The van der Waals surface area contributed by atoms with E-state index < -0.39 is 28.8 Å². The molecule has 2 aromatic rings. The third-order valence-electron chi connectivity index (χ3n) is 4.37. The first-order chi connectivity index (χ1) is 13.6. The summed E-state index contributed by atoms with van der Waals surface area (Å²) in [6, 6.07) is 10.3. The van der Waals surface area contributed by atoms with Crippen LogP contribution in [0.25, 0.3) is 0 Å². The SMILES string of the molecule is Cc1ccc(N=C2NC(=O)[C@H](CC(=O)Nc3ccccc3C(F)(F)F)S2)cc1C. The highest BCUT2D eigenvalue weighted by Crippen LogP contribution is 2.35. The molecule has 1 heterocycles. The Morgan fingerprint density at radius 1 is 1.17 bits per heavy atom. The number of para-hydroxylation sites is 1. The molecule has 1 aliphatic heterocycles. The number of carbonyl (C=O) groups excluding carboxylic acids is 2. The third-order valence-corrected chi connectivity index (χ3v) is 5.46. The van der Waals surface area contributed by atoms with Crippen molar-refractivity contribution in [3.8, 4) is 0 Å². The lowest BCUT2D eigenvalue weighted by atomic mass is 10.1. The van der Waals surface area contributed by atoms with E-state index in [1.54, 1.807) is 0 Å². The van der Waals surface area contributed by atoms with Crippen LogP contribution in [0.4, 0.5) is 24.5 Å². The summed E-state index contributed by atoms with van der Waals surface area (Å²) in [5.74, 6) is -1.08. The molecule has 1 fully saturated rings. The Kier molecular flexibility index (Phi) is 5.97. The van der Waals surface area contributed by atoms with Crippen LogP contribution >= 0.6 is 11.8 Å². The molecule has 2 amide bonds. The number of amidine groups is 1. The molecule has 2 aromatic carbocycles. The third kappa shape index (κ3) is 5.17. The van der Waals surface area contributed by atoms with Crippen molar-refractivity contribution in [1.82, 2.24) is 5.32 Å². The molecule has 0 spiro atoms. The predicted octanol–water partition coefficient (Wildman–Crippen LogP) is 4.57. The molecule has 9 heteroatoms. The smallest absolute Gasteiger partial charge is 0.325 e. The van der Waals surface area contributed by atoms with Crippen LogP contribution in [-0.4, -0.2) is 22.2 Å². The summed E-state index contributed by atoms with van der Waals surface area (Å²) in [5, 5.41) is 4.44. The van der Waals surface area contributed by atoms with E-state index in [1.807, 2.05) is 32.0 Å². The van der Waals surface area contributed by atoms with Gasteiger partial charge in [-0.15, -0.1) is 0 Å². The second-order valence-corrected chi connectivity index (χ2v) is 7.77. The molecular weight excluding hydrogens is 403 g/mol. The number of aliphatic imine (C=N–C) groups is 1. The van der Waals surface area contributed by atoms with Crippen molar-refractivity contribution in [2.45, 2.75) is 31.7 Å². The van der Waals surface area contributed by atoms with Gasteiger partial charge in [-0.2, -0.15) is 13.2 Å². The van der Waals surface area contributed by atoms with Crippen LogP contribution in [0.5, 0.6) is 0 Å². The Morgan fingerprint density at radius 2 is 1.90 bits per heavy atom. The van der Waals surface area contributed by atoms with E-state index in [9.17, 15) is 22.8 Å². The normalized spacial score (nSPS) is 18.0. The molecule has 0 radical (unpaired) electrons. The average molecular weight is 421 g/mol. The summed E-state index contributed by atoms with van der Waals surface area (Å²) in [5.41, 5.74) is 1.57. The average Bonchev–Trinajstić information content (AvgIpc) is 2.96. The molecule has 152 valence electrons. The number of amides is 2. The number of alkyl halides is 3. The highest BCUT2D eigenvalue weighted by atomic mass is 32.2. The lowest BCUT2D eigenvalue weighted by Gasteiger charge is -2.14. The Labute approximate surface area is 169 Å². The summed E-state index contributed by atoms with van der Waals surface area (Å²) in [4.78, 5) is 28.7. The van der Waals surface area contributed by atoms with E-state index in [1.165, 1.54) is 18.2 Å². The van der Waals surface area contributed by atoms with Crippen molar-refractivity contribution in [3.63, 3.8) is 0 Å². The molecule has 0 aliphatic carbocycles. The summed E-state index contributed by atoms with van der Waals surface area (Å²) in [7, 11) is 0. The first kappa shape index (κ1) is 20.9. The molecule has 0 saturated carbocycles. The van der Waals surface area contributed by atoms with Crippen molar-refractivity contribution in [1.29, 1.82) is 0 Å². The van der Waals surface area contributed by atoms with Crippen molar-refractivity contribution >= 4 is 40.1 Å². The van der Waals surface area contributed by atoms with Crippen LogP contribution in [0.3, 0.4) is 0 Å². The fourth-order valence-electron chi connectivity index (χ4n) is 2.71. The standard InChI is InChI=1S/C20H18F3N3O2S/c1-11-7-8-13(9-12(11)2)24-19-26-18(28)16(29-19)10-17(27)25-15-6-4-3-5-14(15)20(21,22)23/h3-9,16H,10H2,1-2H3,(H,25,27)(H,24,26,28)/t16-/m0/s1. The number of benzene rings is 2. The number of nitrogens with zero attached hydrogens (tertiary/aromatic N) is 1. The number of anilines is 1. The first-order valence-electron chi connectivity index (χ1n) is 8.73. The summed E-state index contributed by atoms with van der Waals surface area (Å²) < 4.78 is 39.1. The van der Waals surface area contributed by atoms with Gasteiger partial charge in [0, 0.05) is 6.42 Å². The lowest BCUT2D eigenvalue weighted by molar-refractivity contribution is -0.137. The van der Waals surface area contributed by atoms with Gasteiger partial charge in [0.15, 0.2) is 5.17 Å². The van der Waals surface area contributed by atoms with Gasteiger partial charge in [-0.3, -0.25) is 9.59 Å². The second kappa shape index (κ2) is 8.28. The van der Waals surface area contributed by atoms with Crippen LogP contribution in [0.2, 0.25) is 0 Å². The minimum atomic E-state index is -4.59. The van der Waals surface area contributed by atoms with E-state index in [4.69, 9.17) is 0 Å². The van der Waals surface area contributed by atoms with Gasteiger partial charge in [0.1, 0.15) is 5.25 Å².